The van der Waals surface area contributed by atoms with Gasteiger partial charge < -0.3 is 4.84 Å². The van der Waals surface area contributed by atoms with Gasteiger partial charge in [-0.2, -0.15) is 0 Å². The van der Waals surface area contributed by atoms with E-state index in [1.54, 1.807) is 0 Å². The molecule has 1 aromatic carbocycles. The van der Waals surface area contributed by atoms with Crippen molar-refractivity contribution in [2.24, 2.45) is 11.1 Å². The molecule has 15 heavy (non-hydrogen) atoms. The number of benzene rings is 1. The third-order valence-electron chi connectivity index (χ3n) is 2.54. The van der Waals surface area contributed by atoms with E-state index in [0.29, 0.717) is 12.5 Å². The maximum absolute atomic E-state index is 5.16. The molecule has 2 heteroatoms. The molecule has 0 amide bonds. The second kappa shape index (κ2) is 4.96. The third kappa shape index (κ3) is 3.39. The lowest BCUT2D eigenvalue weighted by molar-refractivity contribution is 0.131. The number of nitrogens with zero attached hydrogens (tertiary/aromatic N) is 1. The first-order chi connectivity index (χ1) is 7.38. The molecule has 0 saturated heterocycles. The summed E-state index contributed by atoms with van der Waals surface area (Å²) in [4.78, 5) is 5.16. The molecule has 0 bridgehead atoms. The minimum Gasteiger partial charge on any atom is -0.391 e. The van der Waals surface area contributed by atoms with Gasteiger partial charge in [0.15, 0.2) is 0 Å². The van der Waals surface area contributed by atoms with E-state index in [0.717, 1.165) is 12.0 Å². The maximum Gasteiger partial charge on any atom is 0.142 e. The van der Waals surface area contributed by atoms with Gasteiger partial charge in [-0.05, 0) is 30.4 Å². The zero-order chi connectivity index (χ0) is 10.5. The quantitative estimate of drug-likeness (QED) is 0.531. The molecule has 0 aliphatic heterocycles. The van der Waals surface area contributed by atoms with Crippen LogP contribution in [-0.2, 0) is 17.9 Å². The van der Waals surface area contributed by atoms with Crippen LogP contribution in [0.2, 0.25) is 0 Å². The molecule has 1 aromatic rings. The lowest BCUT2D eigenvalue weighted by atomic mass is 10.1. The highest BCUT2D eigenvalue weighted by molar-refractivity contribution is 5.62. The first-order valence-corrected chi connectivity index (χ1v) is 5.54. The maximum atomic E-state index is 5.16. The summed E-state index contributed by atoms with van der Waals surface area (Å²) in [6.45, 7) is 2.70. The van der Waals surface area contributed by atoms with E-state index < -0.39 is 0 Å². The Morgan fingerprint density at radius 3 is 2.53 bits per heavy atom. The van der Waals surface area contributed by atoms with Crippen molar-refractivity contribution in [3.05, 3.63) is 35.4 Å². The second-order valence-electron chi connectivity index (χ2n) is 3.94. The third-order valence-corrected chi connectivity index (χ3v) is 2.54. The molecule has 0 heterocycles. The highest BCUT2D eigenvalue weighted by Crippen LogP contribution is 2.26. The first kappa shape index (κ1) is 10.2. The Labute approximate surface area is 90.9 Å². The molecule has 79 valence electrons. The van der Waals surface area contributed by atoms with Crippen molar-refractivity contribution < 1.29 is 4.84 Å². The van der Waals surface area contributed by atoms with Gasteiger partial charge in [0.25, 0.3) is 0 Å². The summed E-state index contributed by atoms with van der Waals surface area (Å²) < 4.78 is 0. The highest BCUT2D eigenvalue weighted by atomic mass is 16.6. The minimum absolute atomic E-state index is 0.545. The zero-order valence-corrected chi connectivity index (χ0v) is 9.07. The monoisotopic (exact) mass is 202 g/mol. The van der Waals surface area contributed by atoms with Gasteiger partial charge in [-0.1, -0.05) is 36.3 Å². The number of hydrogen-bond acceptors (Lipinski definition) is 2. The van der Waals surface area contributed by atoms with Crippen LogP contribution >= 0.6 is 0 Å². The Kier molecular flexibility index (Phi) is 3.38. The molecule has 0 N–H and O–H groups in total. The van der Waals surface area contributed by atoms with Gasteiger partial charge in [-0.15, -0.1) is 0 Å². The molecular weight excluding hydrogens is 186 g/mol. The van der Waals surface area contributed by atoms with Crippen molar-refractivity contribution in [2.75, 3.05) is 0 Å². The van der Waals surface area contributed by atoms with E-state index in [9.17, 15) is 0 Å². The number of hydrogen-bond donors (Lipinski definition) is 0. The average Bonchev–Trinajstić information content (AvgIpc) is 3.09. The van der Waals surface area contributed by atoms with Gasteiger partial charge in [-0.3, -0.25) is 0 Å². The zero-order valence-electron chi connectivity index (χ0n) is 9.07. The number of aryl methyl sites for hydroxylation is 1. The molecule has 0 spiro atoms. The molecule has 1 radical (unpaired) electrons. The van der Waals surface area contributed by atoms with Crippen LogP contribution in [0.4, 0.5) is 0 Å². The van der Waals surface area contributed by atoms with Gasteiger partial charge in [0, 0.05) is 5.92 Å². The second-order valence-corrected chi connectivity index (χ2v) is 3.94. The summed E-state index contributed by atoms with van der Waals surface area (Å²) in [6, 6.07) is 8.44. The van der Waals surface area contributed by atoms with Gasteiger partial charge in [0.1, 0.15) is 12.8 Å². The van der Waals surface area contributed by atoms with Crippen LogP contribution in [0.15, 0.2) is 29.4 Å². The lowest BCUT2D eigenvalue weighted by Crippen LogP contribution is -1.89. The van der Waals surface area contributed by atoms with Gasteiger partial charge in [0.2, 0.25) is 0 Å². The van der Waals surface area contributed by atoms with Gasteiger partial charge in [-0.25, -0.2) is 0 Å². The fourth-order valence-corrected chi connectivity index (χ4v) is 1.30. The average molecular weight is 202 g/mol. The Balaban J connectivity index is 1.77. The van der Waals surface area contributed by atoms with Crippen molar-refractivity contribution in [2.45, 2.75) is 32.8 Å². The van der Waals surface area contributed by atoms with Crippen LogP contribution in [0, 0.1) is 5.92 Å². The molecular formula is C13H16NO. The molecule has 2 rings (SSSR count). The Morgan fingerprint density at radius 1 is 1.27 bits per heavy atom. The Hall–Kier alpha value is -1.31. The molecule has 0 atom stereocenters. The van der Waals surface area contributed by atoms with Crippen LogP contribution < -0.4 is 0 Å². The lowest BCUT2D eigenvalue weighted by Gasteiger charge is -2.00. The minimum atomic E-state index is 0.545. The van der Waals surface area contributed by atoms with Crippen molar-refractivity contribution in [3.63, 3.8) is 0 Å². The molecule has 0 unspecified atom stereocenters. The smallest absolute Gasteiger partial charge is 0.142 e. The number of rotatable bonds is 5. The van der Waals surface area contributed by atoms with Crippen LogP contribution in [0.5, 0.6) is 0 Å². The predicted octanol–water partition coefficient (Wildman–Crippen LogP) is 3.04. The van der Waals surface area contributed by atoms with Crippen molar-refractivity contribution >= 4 is 6.21 Å². The highest BCUT2D eigenvalue weighted by Gasteiger charge is 2.19. The summed E-state index contributed by atoms with van der Waals surface area (Å²) >= 11 is 0. The van der Waals surface area contributed by atoms with Crippen molar-refractivity contribution in [3.8, 4) is 0 Å². The molecule has 1 saturated carbocycles. The Bertz CT molecular complexity index is 325. The van der Waals surface area contributed by atoms with Crippen LogP contribution in [0.25, 0.3) is 0 Å². The van der Waals surface area contributed by atoms with E-state index in [1.807, 2.05) is 0 Å². The fourth-order valence-electron chi connectivity index (χ4n) is 1.30. The van der Waals surface area contributed by atoms with E-state index in [2.05, 4.69) is 42.6 Å². The largest absolute Gasteiger partial charge is 0.391 e. The summed E-state index contributed by atoms with van der Waals surface area (Å²) in [5.41, 5.74) is 2.51. The molecule has 1 aliphatic carbocycles. The van der Waals surface area contributed by atoms with E-state index >= 15 is 0 Å². The van der Waals surface area contributed by atoms with E-state index in [1.165, 1.54) is 18.4 Å². The fraction of sp³-hybridized carbons (Fsp3) is 0.462. The van der Waals surface area contributed by atoms with Crippen LogP contribution in [0.3, 0.4) is 0 Å². The van der Waals surface area contributed by atoms with E-state index in [4.69, 9.17) is 4.84 Å². The van der Waals surface area contributed by atoms with E-state index in [-0.39, 0.29) is 0 Å². The van der Waals surface area contributed by atoms with Crippen LogP contribution in [-0.4, -0.2) is 6.21 Å². The standard InChI is InChI=1S/C13H16NO/c1-2-11-3-7-13(8-4-11)10-15-14-9-12-5-6-12/h3-4,7-8,12H,2,5-6,10H2,1H3. The molecule has 1 aliphatic rings. The molecule has 0 aromatic heterocycles. The summed E-state index contributed by atoms with van der Waals surface area (Å²) in [6.07, 6.45) is 6.47. The SMILES string of the molecule is CCc1ccc(CO/N=[C]\C2CC2)cc1. The predicted molar refractivity (Wildman–Crippen MR) is 60.8 cm³/mol. The summed E-state index contributed by atoms with van der Waals surface area (Å²) in [7, 11) is 0. The van der Waals surface area contributed by atoms with Crippen molar-refractivity contribution in [1.82, 2.24) is 0 Å². The summed E-state index contributed by atoms with van der Waals surface area (Å²) in [5.74, 6) is 0.562. The van der Waals surface area contributed by atoms with Gasteiger partial charge >= 0.3 is 0 Å². The molecule has 2 nitrogen and oxygen atoms in total. The van der Waals surface area contributed by atoms with Gasteiger partial charge in [0.05, 0.1) is 0 Å². The van der Waals surface area contributed by atoms with Crippen LogP contribution in [0.1, 0.15) is 30.9 Å². The first-order valence-electron chi connectivity index (χ1n) is 5.54. The summed E-state index contributed by atoms with van der Waals surface area (Å²) in [5, 5.41) is 3.82. The molecule has 1 fully saturated rings. The van der Waals surface area contributed by atoms with Crippen molar-refractivity contribution in [1.29, 1.82) is 0 Å². The normalized spacial score (nSPS) is 15.8. The Morgan fingerprint density at radius 2 is 1.93 bits per heavy atom. The topological polar surface area (TPSA) is 21.6 Å².